The molecule has 0 unspecified atom stereocenters. The van der Waals surface area contributed by atoms with Gasteiger partial charge in [-0.15, -0.1) is 20.4 Å². The molecule has 4 rings (SSSR count). The van der Waals surface area contributed by atoms with Gasteiger partial charge >= 0.3 is 0 Å². The third-order valence-electron chi connectivity index (χ3n) is 3.88. The van der Waals surface area contributed by atoms with Crippen LogP contribution in [0.3, 0.4) is 0 Å². The van der Waals surface area contributed by atoms with Gasteiger partial charge in [0.2, 0.25) is 16.9 Å². The summed E-state index contributed by atoms with van der Waals surface area (Å²) in [7, 11) is 0. The number of aromatic nitrogens is 4. The van der Waals surface area contributed by atoms with Gasteiger partial charge in [-0.2, -0.15) is 0 Å². The number of nitrogens with zero attached hydrogens (tertiary/aromatic N) is 4. The fraction of sp³-hybridized carbons (Fsp3) is 0.105. The SMILES string of the molecule is Cc1ccccc1-c1nnc(CSc2nnc(NC(=O)c3cccc(Cl)c3)s2)o1. The van der Waals surface area contributed by atoms with Crippen molar-refractivity contribution in [3.8, 4) is 11.5 Å². The predicted octanol–water partition coefficient (Wildman–Crippen LogP) is 5.09. The van der Waals surface area contributed by atoms with E-state index in [1.54, 1.807) is 24.3 Å². The quantitative estimate of drug-likeness (QED) is 0.327. The zero-order chi connectivity index (χ0) is 20.2. The van der Waals surface area contributed by atoms with Crippen molar-refractivity contribution in [2.24, 2.45) is 0 Å². The van der Waals surface area contributed by atoms with Crippen LogP contribution in [0.2, 0.25) is 5.02 Å². The van der Waals surface area contributed by atoms with E-state index in [0.29, 0.717) is 37.6 Å². The van der Waals surface area contributed by atoms with Gasteiger partial charge in [0, 0.05) is 16.1 Å². The Kier molecular flexibility index (Phi) is 5.89. The van der Waals surface area contributed by atoms with Crippen LogP contribution in [0.5, 0.6) is 0 Å². The van der Waals surface area contributed by atoms with Gasteiger partial charge in [0.25, 0.3) is 5.91 Å². The second-order valence-corrected chi connectivity index (χ2v) is 8.58. The van der Waals surface area contributed by atoms with E-state index < -0.39 is 0 Å². The summed E-state index contributed by atoms with van der Waals surface area (Å²) >= 11 is 8.60. The molecule has 2 aromatic heterocycles. The number of carbonyl (C=O) groups is 1. The standard InChI is InChI=1S/C19H14ClN5O2S2/c1-11-5-2-3-8-14(11)17-23-22-15(27-17)10-28-19-25-24-18(29-19)21-16(26)12-6-4-7-13(20)9-12/h2-9H,10H2,1H3,(H,21,24,26). The summed E-state index contributed by atoms with van der Waals surface area (Å²) in [5.74, 6) is 1.15. The van der Waals surface area contributed by atoms with Gasteiger partial charge in [-0.05, 0) is 36.8 Å². The molecule has 1 N–H and O–H groups in total. The number of rotatable bonds is 6. The first kappa shape index (κ1) is 19.6. The number of hydrogen-bond acceptors (Lipinski definition) is 8. The Hall–Kier alpha value is -2.75. The fourth-order valence-electron chi connectivity index (χ4n) is 2.47. The van der Waals surface area contributed by atoms with E-state index in [1.165, 1.54) is 23.1 Å². The van der Waals surface area contributed by atoms with E-state index in [-0.39, 0.29) is 5.91 Å². The molecule has 146 valence electrons. The van der Waals surface area contributed by atoms with Crippen LogP contribution in [0.4, 0.5) is 5.13 Å². The summed E-state index contributed by atoms with van der Waals surface area (Å²) in [4.78, 5) is 12.2. The molecular weight excluding hydrogens is 430 g/mol. The highest BCUT2D eigenvalue weighted by molar-refractivity contribution is 8.00. The Labute approximate surface area is 179 Å². The predicted molar refractivity (Wildman–Crippen MR) is 113 cm³/mol. The first-order chi connectivity index (χ1) is 14.1. The van der Waals surface area contributed by atoms with E-state index in [9.17, 15) is 4.79 Å². The highest BCUT2D eigenvalue weighted by Crippen LogP contribution is 2.29. The lowest BCUT2D eigenvalue weighted by Gasteiger charge is -2.00. The Bertz CT molecular complexity index is 1160. The summed E-state index contributed by atoms with van der Waals surface area (Å²) in [6.45, 7) is 1.99. The van der Waals surface area contributed by atoms with Crippen molar-refractivity contribution in [2.45, 2.75) is 17.0 Å². The second-order valence-electron chi connectivity index (χ2n) is 5.94. The second kappa shape index (κ2) is 8.73. The van der Waals surface area contributed by atoms with Gasteiger partial charge in [0.1, 0.15) is 0 Å². The number of thioether (sulfide) groups is 1. The van der Waals surface area contributed by atoms with Crippen molar-refractivity contribution in [3.05, 3.63) is 70.6 Å². The lowest BCUT2D eigenvalue weighted by molar-refractivity contribution is 0.102. The summed E-state index contributed by atoms with van der Waals surface area (Å²) in [5.41, 5.74) is 2.44. The van der Waals surface area contributed by atoms with Crippen LogP contribution in [-0.2, 0) is 5.75 Å². The molecule has 1 amide bonds. The van der Waals surface area contributed by atoms with Crippen molar-refractivity contribution in [1.29, 1.82) is 0 Å². The minimum atomic E-state index is -0.292. The molecular formula is C19H14ClN5O2S2. The maximum atomic E-state index is 12.2. The molecule has 0 fully saturated rings. The number of nitrogens with one attached hydrogen (secondary N) is 1. The summed E-state index contributed by atoms with van der Waals surface area (Å²) in [6.07, 6.45) is 0. The normalized spacial score (nSPS) is 10.8. The molecule has 10 heteroatoms. The number of carbonyl (C=O) groups excluding carboxylic acids is 1. The minimum absolute atomic E-state index is 0.292. The first-order valence-corrected chi connectivity index (χ1v) is 10.7. The van der Waals surface area contributed by atoms with E-state index in [1.807, 2.05) is 31.2 Å². The molecule has 0 atom stereocenters. The maximum absolute atomic E-state index is 12.2. The Balaban J connectivity index is 1.36. The van der Waals surface area contributed by atoms with Crippen molar-refractivity contribution in [2.75, 3.05) is 5.32 Å². The molecule has 2 heterocycles. The van der Waals surface area contributed by atoms with Crippen LogP contribution in [0.1, 0.15) is 21.8 Å². The number of halogens is 1. The van der Waals surface area contributed by atoms with Gasteiger partial charge in [0.05, 0.1) is 5.75 Å². The Morgan fingerprint density at radius 3 is 2.83 bits per heavy atom. The molecule has 0 aliphatic carbocycles. The molecule has 4 aromatic rings. The third kappa shape index (κ3) is 4.81. The molecule has 0 saturated carbocycles. The molecule has 0 spiro atoms. The van der Waals surface area contributed by atoms with Gasteiger partial charge < -0.3 is 4.42 Å². The van der Waals surface area contributed by atoms with Crippen LogP contribution in [0.15, 0.2) is 57.3 Å². The third-order valence-corrected chi connectivity index (χ3v) is 6.07. The highest BCUT2D eigenvalue weighted by atomic mass is 35.5. The smallest absolute Gasteiger partial charge is 0.257 e. The maximum Gasteiger partial charge on any atom is 0.257 e. The van der Waals surface area contributed by atoms with Crippen molar-refractivity contribution < 1.29 is 9.21 Å². The van der Waals surface area contributed by atoms with Gasteiger partial charge in [-0.3, -0.25) is 10.1 Å². The average Bonchev–Trinajstić information content (AvgIpc) is 3.36. The molecule has 0 aliphatic heterocycles. The Morgan fingerprint density at radius 1 is 1.14 bits per heavy atom. The van der Waals surface area contributed by atoms with Gasteiger partial charge in [-0.25, -0.2) is 0 Å². The van der Waals surface area contributed by atoms with Gasteiger partial charge in [-0.1, -0.05) is 59.0 Å². The van der Waals surface area contributed by atoms with Crippen LogP contribution in [0, 0.1) is 6.92 Å². The number of aryl methyl sites for hydroxylation is 1. The highest BCUT2D eigenvalue weighted by Gasteiger charge is 2.14. The van der Waals surface area contributed by atoms with Crippen molar-refractivity contribution >= 4 is 45.7 Å². The summed E-state index contributed by atoms with van der Waals surface area (Å²) in [5, 5.41) is 19.9. The number of hydrogen-bond donors (Lipinski definition) is 1. The van der Waals surface area contributed by atoms with Crippen LogP contribution >= 0.6 is 34.7 Å². The lowest BCUT2D eigenvalue weighted by Crippen LogP contribution is -2.11. The molecule has 0 radical (unpaired) electrons. The minimum Gasteiger partial charge on any atom is -0.420 e. The van der Waals surface area contributed by atoms with Crippen LogP contribution in [-0.4, -0.2) is 26.3 Å². The van der Waals surface area contributed by atoms with Crippen molar-refractivity contribution in [3.63, 3.8) is 0 Å². The zero-order valence-corrected chi connectivity index (χ0v) is 17.5. The number of anilines is 1. The fourth-order valence-corrected chi connectivity index (χ4v) is 4.25. The van der Waals surface area contributed by atoms with E-state index in [2.05, 4.69) is 25.7 Å². The molecule has 0 saturated heterocycles. The van der Waals surface area contributed by atoms with Crippen molar-refractivity contribution in [1.82, 2.24) is 20.4 Å². The van der Waals surface area contributed by atoms with Crippen LogP contribution < -0.4 is 5.32 Å². The monoisotopic (exact) mass is 443 g/mol. The lowest BCUT2D eigenvalue weighted by atomic mass is 10.1. The zero-order valence-electron chi connectivity index (χ0n) is 15.1. The molecule has 7 nitrogen and oxygen atoms in total. The molecule has 29 heavy (non-hydrogen) atoms. The number of amides is 1. The van der Waals surface area contributed by atoms with Gasteiger partial charge in [0.15, 0.2) is 4.34 Å². The first-order valence-electron chi connectivity index (χ1n) is 8.50. The van der Waals surface area contributed by atoms with E-state index in [4.69, 9.17) is 16.0 Å². The van der Waals surface area contributed by atoms with Crippen LogP contribution in [0.25, 0.3) is 11.5 Å². The largest absolute Gasteiger partial charge is 0.420 e. The summed E-state index contributed by atoms with van der Waals surface area (Å²) < 4.78 is 6.43. The molecule has 0 bridgehead atoms. The molecule has 0 aliphatic rings. The average molecular weight is 444 g/mol. The number of benzene rings is 2. The van der Waals surface area contributed by atoms with E-state index in [0.717, 1.165) is 11.1 Å². The molecule has 2 aromatic carbocycles. The Morgan fingerprint density at radius 2 is 2.00 bits per heavy atom. The van der Waals surface area contributed by atoms with E-state index >= 15 is 0 Å². The summed E-state index contributed by atoms with van der Waals surface area (Å²) in [6, 6.07) is 14.5. The topological polar surface area (TPSA) is 93.8 Å².